The molecular weight excluding hydrogens is 281 g/mol. The monoisotopic (exact) mass is 295 g/mol. The molecule has 0 atom stereocenters. The van der Waals surface area contributed by atoms with E-state index >= 15 is 0 Å². The summed E-state index contributed by atoms with van der Waals surface area (Å²) in [6.45, 7) is 6.21. The van der Waals surface area contributed by atoms with Gasteiger partial charge in [0.15, 0.2) is 0 Å². The Bertz CT molecular complexity index is 314. The Hall–Kier alpha value is -0.460. The average Bonchev–Trinajstić information content (AvgIpc) is 2.28. The van der Waals surface area contributed by atoms with E-state index in [1.165, 1.54) is 0 Å². The number of anilines is 1. The van der Waals surface area contributed by atoms with Crippen LogP contribution < -0.4 is 10.5 Å². The van der Waals surface area contributed by atoms with Gasteiger partial charge in [0.2, 0.25) is 0 Å². The second-order valence-electron chi connectivity index (χ2n) is 3.80. The summed E-state index contributed by atoms with van der Waals surface area (Å²) < 4.78 is 7.82. The Kier molecular flexibility index (Phi) is 2.74. The minimum absolute atomic E-state index is 0.0680. The van der Waals surface area contributed by atoms with Crippen LogP contribution in [0, 0.1) is 3.70 Å². The predicted octanol–water partition coefficient (Wildman–Crippen LogP) is 1.83. The smallest absolute Gasteiger partial charge is 0.257 e. The van der Waals surface area contributed by atoms with E-state index in [4.69, 9.17) is 10.5 Å². The van der Waals surface area contributed by atoms with Crippen LogP contribution in [0.5, 0.6) is 5.88 Å². The molecule has 0 saturated carbocycles. The third kappa shape index (κ3) is 1.90. The summed E-state index contributed by atoms with van der Waals surface area (Å²) in [4.78, 5) is 0. The van der Waals surface area contributed by atoms with Gasteiger partial charge in [0.05, 0.1) is 12.6 Å². The van der Waals surface area contributed by atoms with Crippen LogP contribution in [-0.2, 0) is 5.54 Å². The Morgan fingerprint density at radius 3 is 2.23 bits per heavy atom. The minimum atomic E-state index is -0.0680. The van der Waals surface area contributed by atoms with Crippen molar-refractivity contribution in [3.05, 3.63) is 3.70 Å². The summed E-state index contributed by atoms with van der Waals surface area (Å²) in [5.41, 5.74) is 6.34. The number of aromatic nitrogens is 2. The fourth-order valence-electron chi connectivity index (χ4n) is 0.986. The number of methoxy groups -OCH3 is 1. The van der Waals surface area contributed by atoms with E-state index in [0.29, 0.717) is 11.6 Å². The van der Waals surface area contributed by atoms with Gasteiger partial charge in [0.25, 0.3) is 5.88 Å². The van der Waals surface area contributed by atoms with Crippen molar-refractivity contribution in [2.24, 2.45) is 0 Å². The zero-order valence-electron chi connectivity index (χ0n) is 8.26. The van der Waals surface area contributed by atoms with Gasteiger partial charge in [-0.1, -0.05) is 0 Å². The van der Waals surface area contributed by atoms with E-state index in [9.17, 15) is 0 Å². The molecule has 1 rings (SSSR count). The Balaban J connectivity index is 3.25. The number of halogens is 1. The van der Waals surface area contributed by atoms with Gasteiger partial charge in [0.1, 0.15) is 9.39 Å². The predicted molar refractivity (Wildman–Crippen MR) is 60.9 cm³/mol. The molecule has 13 heavy (non-hydrogen) atoms. The molecule has 1 heterocycles. The average molecular weight is 295 g/mol. The van der Waals surface area contributed by atoms with E-state index in [1.54, 1.807) is 7.11 Å². The van der Waals surface area contributed by atoms with Gasteiger partial charge in [-0.05, 0) is 43.4 Å². The molecule has 0 radical (unpaired) electrons. The fourth-order valence-corrected chi connectivity index (χ4v) is 2.05. The highest BCUT2D eigenvalue weighted by atomic mass is 127. The van der Waals surface area contributed by atoms with E-state index in [0.717, 1.165) is 3.70 Å². The second-order valence-corrected chi connectivity index (χ2v) is 4.82. The molecule has 2 N–H and O–H groups in total. The summed E-state index contributed by atoms with van der Waals surface area (Å²) in [5, 5.41) is 4.26. The number of nitrogens with zero attached hydrogens (tertiary/aromatic N) is 2. The highest BCUT2D eigenvalue weighted by Crippen LogP contribution is 2.29. The molecule has 1 aromatic heterocycles. The van der Waals surface area contributed by atoms with Crippen LogP contribution in [-0.4, -0.2) is 16.9 Å². The molecule has 0 saturated heterocycles. The molecular formula is C8H14IN3O. The van der Waals surface area contributed by atoms with Gasteiger partial charge >= 0.3 is 0 Å². The van der Waals surface area contributed by atoms with Crippen LogP contribution in [0.15, 0.2) is 0 Å². The highest BCUT2D eigenvalue weighted by molar-refractivity contribution is 14.1. The standard InChI is InChI=1S/C8H14IN3O/c1-8(2,3)12-6(9)5(10)7(11-12)13-4/h10H2,1-4H3. The highest BCUT2D eigenvalue weighted by Gasteiger charge is 2.22. The van der Waals surface area contributed by atoms with Crippen molar-refractivity contribution in [2.75, 3.05) is 12.8 Å². The van der Waals surface area contributed by atoms with Crippen molar-refractivity contribution in [1.29, 1.82) is 0 Å². The molecule has 0 aliphatic carbocycles. The first kappa shape index (κ1) is 10.6. The van der Waals surface area contributed by atoms with Crippen LogP contribution in [0.3, 0.4) is 0 Å². The van der Waals surface area contributed by atoms with Gasteiger partial charge in [0, 0.05) is 0 Å². The summed E-state index contributed by atoms with van der Waals surface area (Å²) in [6.07, 6.45) is 0. The van der Waals surface area contributed by atoms with Gasteiger partial charge in [-0.25, -0.2) is 4.68 Å². The number of nitrogen functional groups attached to an aromatic ring is 1. The zero-order chi connectivity index (χ0) is 10.2. The quantitative estimate of drug-likeness (QED) is 0.804. The van der Waals surface area contributed by atoms with Gasteiger partial charge in [-0.15, -0.1) is 5.10 Å². The van der Waals surface area contributed by atoms with Gasteiger partial charge in [-0.3, -0.25) is 0 Å². The summed E-state index contributed by atoms with van der Waals surface area (Å²) in [5.74, 6) is 0.499. The lowest BCUT2D eigenvalue weighted by Crippen LogP contribution is -2.24. The third-order valence-electron chi connectivity index (χ3n) is 1.66. The van der Waals surface area contributed by atoms with Crippen LogP contribution >= 0.6 is 22.6 Å². The van der Waals surface area contributed by atoms with Crippen molar-refractivity contribution < 1.29 is 4.74 Å². The molecule has 0 fully saturated rings. The molecule has 4 nitrogen and oxygen atoms in total. The van der Waals surface area contributed by atoms with Gasteiger partial charge in [-0.2, -0.15) is 0 Å². The molecule has 0 bridgehead atoms. The Morgan fingerprint density at radius 1 is 1.46 bits per heavy atom. The van der Waals surface area contributed by atoms with E-state index in [2.05, 4.69) is 48.5 Å². The molecule has 0 spiro atoms. The SMILES string of the molecule is COc1nn(C(C)(C)C)c(I)c1N. The van der Waals surface area contributed by atoms with Crippen LogP contribution in [0.25, 0.3) is 0 Å². The third-order valence-corrected chi connectivity index (χ3v) is 2.70. The van der Waals surface area contributed by atoms with Crippen molar-refractivity contribution in [3.63, 3.8) is 0 Å². The maximum Gasteiger partial charge on any atom is 0.257 e. The van der Waals surface area contributed by atoms with Crippen LogP contribution in [0.2, 0.25) is 0 Å². The lowest BCUT2D eigenvalue weighted by molar-refractivity contribution is 0.325. The largest absolute Gasteiger partial charge is 0.478 e. The number of hydrogen-bond donors (Lipinski definition) is 1. The molecule has 5 heteroatoms. The topological polar surface area (TPSA) is 53.1 Å². The van der Waals surface area contributed by atoms with Crippen LogP contribution in [0.1, 0.15) is 20.8 Å². The van der Waals surface area contributed by atoms with Crippen molar-refractivity contribution in [3.8, 4) is 5.88 Å². The molecule has 0 aliphatic heterocycles. The van der Waals surface area contributed by atoms with Gasteiger partial charge < -0.3 is 10.5 Å². The van der Waals surface area contributed by atoms with Crippen molar-refractivity contribution >= 4 is 28.3 Å². The summed E-state index contributed by atoms with van der Waals surface area (Å²) >= 11 is 2.17. The number of hydrogen-bond acceptors (Lipinski definition) is 3. The molecule has 0 aliphatic rings. The lowest BCUT2D eigenvalue weighted by Gasteiger charge is -2.19. The van der Waals surface area contributed by atoms with E-state index < -0.39 is 0 Å². The first-order valence-electron chi connectivity index (χ1n) is 3.96. The molecule has 0 amide bonds. The number of ether oxygens (including phenoxy) is 1. The maximum absolute atomic E-state index is 5.79. The van der Waals surface area contributed by atoms with Crippen molar-refractivity contribution in [2.45, 2.75) is 26.3 Å². The zero-order valence-corrected chi connectivity index (χ0v) is 10.4. The summed E-state index contributed by atoms with van der Waals surface area (Å²) in [7, 11) is 1.57. The maximum atomic E-state index is 5.79. The van der Waals surface area contributed by atoms with E-state index in [1.807, 2.05) is 4.68 Å². The Morgan fingerprint density at radius 2 is 2.00 bits per heavy atom. The van der Waals surface area contributed by atoms with E-state index in [-0.39, 0.29) is 5.54 Å². The second kappa shape index (κ2) is 3.36. The summed E-state index contributed by atoms with van der Waals surface area (Å²) in [6, 6.07) is 0. The van der Waals surface area contributed by atoms with Crippen LogP contribution in [0.4, 0.5) is 5.69 Å². The first-order valence-corrected chi connectivity index (χ1v) is 5.04. The number of nitrogens with two attached hydrogens (primary N) is 1. The van der Waals surface area contributed by atoms with Crippen molar-refractivity contribution in [1.82, 2.24) is 9.78 Å². The molecule has 0 unspecified atom stereocenters. The number of rotatable bonds is 1. The molecule has 1 aromatic rings. The molecule has 0 aromatic carbocycles. The minimum Gasteiger partial charge on any atom is -0.478 e. The fraction of sp³-hybridized carbons (Fsp3) is 0.625. The normalized spacial score (nSPS) is 11.8. The first-order chi connectivity index (χ1) is 5.88. The molecule has 74 valence electrons. The Labute approximate surface area is 91.6 Å². The lowest BCUT2D eigenvalue weighted by atomic mass is 10.1.